The third kappa shape index (κ3) is 5.71. The van der Waals surface area contributed by atoms with Gasteiger partial charge in [0.05, 0.1) is 5.69 Å². The lowest BCUT2D eigenvalue weighted by atomic mass is 10.3. The van der Waals surface area contributed by atoms with Crippen molar-refractivity contribution in [3.05, 3.63) is 26.2 Å². The molecule has 0 saturated carbocycles. The summed E-state index contributed by atoms with van der Waals surface area (Å²) in [5.74, 6) is 0. The molecular weight excluding hydrogens is 452 g/mol. The summed E-state index contributed by atoms with van der Waals surface area (Å²) in [5, 5.41) is 0. The van der Waals surface area contributed by atoms with Gasteiger partial charge in [-0.2, -0.15) is 26.3 Å². The molecule has 4 nitrogen and oxygen atoms in total. The van der Waals surface area contributed by atoms with Gasteiger partial charge in [0.15, 0.2) is 0 Å². The molecule has 0 aliphatic rings. The summed E-state index contributed by atoms with van der Waals surface area (Å²) in [5.41, 5.74) is 0.163. The Kier molecular flexibility index (Phi) is 5.26. The highest BCUT2D eigenvalue weighted by molar-refractivity contribution is 14.1. The van der Waals surface area contributed by atoms with Crippen molar-refractivity contribution in [1.29, 1.82) is 0 Å². The number of hydrogen-bond acceptors (Lipinski definition) is 2. The number of halogens is 5. The zero-order valence-corrected chi connectivity index (χ0v) is 13.1. The van der Waals surface area contributed by atoms with Crippen LogP contribution in [0.1, 0.15) is 0 Å². The summed E-state index contributed by atoms with van der Waals surface area (Å²) in [7, 11) is -4.26. The van der Waals surface area contributed by atoms with Gasteiger partial charge in [-0.15, -0.1) is 0 Å². The largest absolute Gasteiger partial charge is 0.402 e. The van der Waals surface area contributed by atoms with Crippen LogP contribution in [0.15, 0.2) is 22.7 Å². The SMILES string of the molecule is O=S(=O)(NCC(F)(F)F)Nc1cc(I)ccc1Br. The summed E-state index contributed by atoms with van der Waals surface area (Å²) in [6.45, 7) is -1.62. The number of alkyl halides is 3. The Hall–Kier alpha value is -0.0700. The molecule has 0 amide bonds. The highest BCUT2D eigenvalue weighted by Crippen LogP contribution is 2.25. The van der Waals surface area contributed by atoms with E-state index in [2.05, 4.69) is 15.9 Å². The van der Waals surface area contributed by atoms with Crippen molar-refractivity contribution >= 4 is 54.4 Å². The van der Waals surface area contributed by atoms with Crippen molar-refractivity contribution in [2.75, 3.05) is 11.3 Å². The van der Waals surface area contributed by atoms with Crippen molar-refractivity contribution in [2.24, 2.45) is 0 Å². The maximum absolute atomic E-state index is 11.9. The van der Waals surface area contributed by atoms with Crippen LogP contribution in [0.25, 0.3) is 0 Å². The van der Waals surface area contributed by atoms with E-state index < -0.39 is 22.9 Å². The molecule has 0 aromatic heterocycles. The highest BCUT2D eigenvalue weighted by Gasteiger charge is 2.29. The van der Waals surface area contributed by atoms with E-state index in [-0.39, 0.29) is 5.69 Å². The zero-order chi connectivity index (χ0) is 14.0. The van der Waals surface area contributed by atoms with Crippen LogP contribution in [-0.2, 0) is 10.2 Å². The number of nitrogens with one attached hydrogen (secondary N) is 2. The summed E-state index contributed by atoms with van der Waals surface area (Å²) in [6.07, 6.45) is -4.60. The maximum atomic E-state index is 11.9. The first-order valence-electron chi connectivity index (χ1n) is 4.38. The molecule has 0 unspecified atom stereocenters. The first-order chi connectivity index (χ1) is 8.09. The van der Waals surface area contributed by atoms with Gasteiger partial charge in [-0.3, -0.25) is 4.72 Å². The molecule has 0 radical (unpaired) electrons. The second-order valence-electron chi connectivity index (χ2n) is 3.17. The molecule has 0 heterocycles. The standard InChI is InChI=1S/C8H7BrF3IN2O2S/c9-6-2-1-5(13)3-7(6)15-18(16,17)14-4-8(10,11)12/h1-3,14-15H,4H2. The third-order valence-electron chi connectivity index (χ3n) is 1.64. The number of hydrogen-bond donors (Lipinski definition) is 2. The van der Waals surface area contributed by atoms with Crippen LogP contribution in [-0.4, -0.2) is 21.1 Å². The Morgan fingerprint density at radius 1 is 1.33 bits per heavy atom. The van der Waals surface area contributed by atoms with Crippen LogP contribution in [0.5, 0.6) is 0 Å². The van der Waals surface area contributed by atoms with Crippen molar-refractivity contribution in [3.63, 3.8) is 0 Å². The van der Waals surface area contributed by atoms with E-state index in [9.17, 15) is 21.6 Å². The Bertz CT molecular complexity index is 536. The second kappa shape index (κ2) is 5.92. The molecule has 102 valence electrons. The monoisotopic (exact) mass is 458 g/mol. The predicted octanol–water partition coefficient (Wildman–Crippen LogP) is 2.86. The Balaban J connectivity index is 2.80. The fourth-order valence-electron chi connectivity index (χ4n) is 0.933. The van der Waals surface area contributed by atoms with Crippen molar-refractivity contribution in [3.8, 4) is 0 Å². The van der Waals surface area contributed by atoms with Crippen LogP contribution in [0.2, 0.25) is 0 Å². The third-order valence-corrected chi connectivity index (χ3v) is 4.01. The lowest BCUT2D eigenvalue weighted by Gasteiger charge is -2.12. The van der Waals surface area contributed by atoms with Gasteiger partial charge in [0.25, 0.3) is 10.2 Å². The average Bonchev–Trinajstić information content (AvgIpc) is 2.20. The zero-order valence-electron chi connectivity index (χ0n) is 8.55. The van der Waals surface area contributed by atoms with Crippen LogP contribution >= 0.6 is 38.5 Å². The second-order valence-corrected chi connectivity index (χ2v) is 6.77. The van der Waals surface area contributed by atoms with Crippen molar-refractivity contribution < 1.29 is 21.6 Å². The molecule has 0 atom stereocenters. The van der Waals surface area contributed by atoms with E-state index >= 15 is 0 Å². The van der Waals surface area contributed by atoms with Gasteiger partial charge in [-0.1, -0.05) is 0 Å². The molecule has 10 heteroatoms. The van der Waals surface area contributed by atoms with Gasteiger partial charge in [0.1, 0.15) is 6.54 Å². The van der Waals surface area contributed by atoms with Crippen LogP contribution < -0.4 is 9.44 Å². The van der Waals surface area contributed by atoms with Gasteiger partial charge in [-0.25, -0.2) is 0 Å². The first-order valence-corrected chi connectivity index (χ1v) is 7.74. The van der Waals surface area contributed by atoms with E-state index in [1.54, 1.807) is 12.1 Å². The van der Waals surface area contributed by atoms with Crippen LogP contribution in [0.4, 0.5) is 18.9 Å². The Labute approximate surface area is 124 Å². The highest BCUT2D eigenvalue weighted by atomic mass is 127. The molecule has 0 aliphatic heterocycles. The summed E-state index contributed by atoms with van der Waals surface area (Å²) >= 11 is 5.05. The van der Waals surface area contributed by atoms with E-state index in [1.165, 1.54) is 10.8 Å². The lowest BCUT2D eigenvalue weighted by molar-refractivity contribution is -0.121. The smallest absolute Gasteiger partial charge is 0.270 e. The average molecular weight is 459 g/mol. The molecule has 0 fully saturated rings. The fraction of sp³-hybridized carbons (Fsp3) is 0.250. The van der Waals surface area contributed by atoms with E-state index in [1.807, 2.05) is 27.3 Å². The van der Waals surface area contributed by atoms with Gasteiger partial charge in [0, 0.05) is 8.04 Å². The minimum Gasteiger partial charge on any atom is -0.270 e. The van der Waals surface area contributed by atoms with Gasteiger partial charge in [0.2, 0.25) is 0 Å². The van der Waals surface area contributed by atoms with E-state index in [4.69, 9.17) is 0 Å². The maximum Gasteiger partial charge on any atom is 0.402 e. The van der Waals surface area contributed by atoms with Crippen LogP contribution in [0.3, 0.4) is 0 Å². The molecule has 18 heavy (non-hydrogen) atoms. The van der Waals surface area contributed by atoms with Crippen LogP contribution in [0, 0.1) is 3.57 Å². The molecule has 0 bridgehead atoms. The summed E-state index contributed by atoms with van der Waals surface area (Å²) in [4.78, 5) is 0. The minimum atomic E-state index is -4.60. The summed E-state index contributed by atoms with van der Waals surface area (Å²) < 4.78 is 63.0. The van der Waals surface area contributed by atoms with Gasteiger partial charge in [-0.05, 0) is 56.7 Å². The molecule has 0 aliphatic carbocycles. The topological polar surface area (TPSA) is 58.2 Å². The van der Waals surface area contributed by atoms with Gasteiger partial charge >= 0.3 is 6.18 Å². The number of anilines is 1. The minimum absolute atomic E-state index is 0.163. The Morgan fingerprint density at radius 2 is 1.94 bits per heavy atom. The Morgan fingerprint density at radius 3 is 2.50 bits per heavy atom. The molecule has 1 aromatic carbocycles. The number of benzene rings is 1. The van der Waals surface area contributed by atoms with E-state index in [0.29, 0.717) is 4.47 Å². The molecule has 2 N–H and O–H groups in total. The predicted molar refractivity (Wildman–Crippen MR) is 73.5 cm³/mol. The number of rotatable bonds is 4. The van der Waals surface area contributed by atoms with Crippen molar-refractivity contribution in [2.45, 2.75) is 6.18 Å². The van der Waals surface area contributed by atoms with Crippen molar-refractivity contribution in [1.82, 2.24) is 4.72 Å². The molecule has 0 saturated heterocycles. The molecule has 0 spiro atoms. The lowest BCUT2D eigenvalue weighted by Crippen LogP contribution is -2.37. The van der Waals surface area contributed by atoms with Gasteiger partial charge < -0.3 is 0 Å². The van der Waals surface area contributed by atoms with E-state index in [0.717, 1.165) is 3.57 Å². The fourth-order valence-corrected chi connectivity index (χ4v) is 2.79. The molecule has 1 aromatic rings. The first kappa shape index (κ1) is 16.0. The normalized spacial score (nSPS) is 12.5. The summed E-state index contributed by atoms with van der Waals surface area (Å²) in [6, 6.07) is 4.78. The molecule has 1 rings (SSSR count). The quantitative estimate of drug-likeness (QED) is 0.681. The molecular formula is C8H7BrF3IN2O2S.